The standard InChI is InChI=1S/C10H13F2NO/c1-8(10(11,12)4-5-13)7-9-3-2-6-14-9/h2-3,6-7H,4-5,13H2,1H3/b8-7+. The Morgan fingerprint density at radius 3 is 2.86 bits per heavy atom. The molecule has 1 aromatic heterocycles. The summed E-state index contributed by atoms with van der Waals surface area (Å²) in [5.41, 5.74) is 5.07. The fraction of sp³-hybridized carbons (Fsp3) is 0.400. The molecule has 1 rings (SSSR count). The molecule has 0 atom stereocenters. The van der Waals surface area contributed by atoms with Crippen molar-refractivity contribution in [2.75, 3.05) is 6.54 Å². The highest BCUT2D eigenvalue weighted by molar-refractivity contribution is 5.48. The minimum atomic E-state index is -2.85. The molecular weight excluding hydrogens is 188 g/mol. The summed E-state index contributed by atoms with van der Waals surface area (Å²) in [5, 5.41) is 0. The number of hydrogen-bond acceptors (Lipinski definition) is 2. The summed E-state index contributed by atoms with van der Waals surface area (Å²) in [7, 11) is 0. The van der Waals surface area contributed by atoms with Crippen molar-refractivity contribution in [3.05, 3.63) is 29.7 Å². The number of allylic oxidation sites excluding steroid dienone is 1. The molecule has 0 aliphatic carbocycles. The highest BCUT2D eigenvalue weighted by Gasteiger charge is 2.30. The van der Waals surface area contributed by atoms with E-state index >= 15 is 0 Å². The molecule has 4 heteroatoms. The molecule has 0 saturated heterocycles. The molecule has 14 heavy (non-hydrogen) atoms. The van der Waals surface area contributed by atoms with Crippen molar-refractivity contribution in [3.8, 4) is 0 Å². The van der Waals surface area contributed by atoms with E-state index in [0.717, 1.165) is 0 Å². The predicted octanol–water partition coefficient (Wildman–Crippen LogP) is 2.67. The minimum Gasteiger partial charge on any atom is -0.465 e. The number of rotatable bonds is 4. The van der Waals surface area contributed by atoms with Gasteiger partial charge in [0.05, 0.1) is 6.26 Å². The van der Waals surface area contributed by atoms with Crippen molar-refractivity contribution >= 4 is 6.08 Å². The quantitative estimate of drug-likeness (QED) is 0.813. The van der Waals surface area contributed by atoms with E-state index in [9.17, 15) is 8.78 Å². The molecule has 1 heterocycles. The van der Waals surface area contributed by atoms with Gasteiger partial charge in [-0.05, 0) is 37.3 Å². The maximum absolute atomic E-state index is 13.2. The Morgan fingerprint density at radius 1 is 1.64 bits per heavy atom. The molecule has 0 bridgehead atoms. The van der Waals surface area contributed by atoms with Gasteiger partial charge in [-0.3, -0.25) is 0 Å². The van der Waals surface area contributed by atoms with Gasteiger partial charge in [0.2, 0.25) is 0 Å². The van der Waals surface area contributed by atoms with Gasteiger partial charge in [-0.2, -0.15) is 0 Å². The SMILES string of the molecule is C/C(=C\c1ccco1)C(F)(F)CCN. The lowest BCUT2D eigenvalue weighted by molar-refractivity contribution is 0.0361. The van der Waals surface area contributed by atoms with Gasteiger partial charge in [0.25, 0.3) is 5.92 Å². The molecule has 0 radical (unpaired) electrons. The molecule has 1 aromatic rings. The van der Waals surface area contributed by atoms with E-state index in [2.05, 4.69) is 0 Å². The van der Waals surface area contributed by atoms with E-state index < -0.39 is 5.92 Å². The van der Waals surface area contributed by atoms with Gasteiger partial charge in [0.1, 0.15) is 5.76 Å². The van der Waals surface area contributed by atoms with Crippen LogP contribution in [0.4, 0.5) is 8.78 Å². The van der Waals surface area contributed by atoms with Crippen LogP contribution in [0.1, 0.15) is 19.1 Å². The van der Waals surface area contributed by atoms with Crippen LogP contribution in [-0.4, -0.2) is 12.5 Å². The molecule has 0 saturated carbocycles. The second-order valence-electron chi connectivity index (χ2n) is 3.09. The third-order valence-corrected chi connectivity index (χ3v) is 1.94. The van der Waals surface area contributed by atoms with Gasteiger partial charge in [-0.15, -0.1) is 0 Å². The van der Waals surface area contributed by atoms with Crippen molar-refractivity contribution in [1.29, 1.82) is 0 Å². The fourth-order valence-corrected chi connectivity index (χ4v) is 1.07. The Morgan fingerprint density at radius 2 is 2.36 bits per heavy atom. The maximum atomic E-state index is 13.2. The lowest BCUT2D eigenvalue weighted by Crippen LogP contribution is -2.22. The summed E-state index contributed by atoms with van der Waals surface area (Å²) >= 11 is 0. The van der Waals surface area contributed by atoms with Crippen LogP contribution < -0.4 is 5.73 Å². The zero-order chi connectivity index (χ0) is 10.6. The average molecular weight is 201 g/mol. The largest absolute Gasteiger partial charge is 0.465 e. The highest BCUT2D eigenvalue weighted by atomic mass is 19.3. The molecule has 0 amide bonds. The van der Waals surface area contributed by atoms with Crippen LogP contribution in [0, 0.1) is 0 Å². The van der Waals surface area contributed by atoms with Crippen LogP contribution in [0.2, 0.25) is 0 Å². The molecular formula is C10H13F2NO. The summed E-state index contributed by atoms with van der Waals surface area (Å²) < 4.78 is 31.4. The first kappa shape index (κ1) is 10.9. The van der Waals surface area contributed by atoms with Crippen LogP contribution >= 0.6 is 0 Å². The Kier molecular flexibility index (Phi) is 3.41. The van der Waals surface area contributed by atoms with Gasteiger partial charge >= 0.3 is 0 Å². The van der Waals surface area contributed by atoms with Gasteiger partial charge in [0, 0.05) is 6.42 Å². The highest BCUT2D eigenvalue weighted by Crippen LogP contribution is 2.28. The topological polar surface area (TPSA) is 39.2 Å². The van der Waals surface area contributed by atoms with Crippen molar-refractivity contribution < 1.29 is 13.2 Å². The monoisotopic (exact) mass is 201 g/mol. The molecule has 0 aliphatic heterocycles. The third-order valence-electron chi connectivity index (χ3n) is 1.94. The molecule has 0 spiro atoms. The van der Waals surface area contributed by atoms with E-state index in [4.69, 9.17) is 10.2 Å². The molecule has 0 unspecified atom stereocenters. The number of halogens is 2. The average Bonchev–Trinajstić information content (AvgIpc) is 2.56. The van der Waals surface area contributed by atoms with Crippen LogP contribution in [0.3, 0.4) is 0 Å². The van der Waals surface area contributed by atoms with E-state index in [1.165, 1.54) is 19.3 Å². The van der Waals surface area contributed by atoms with E-state index in [-0.39, 0.29) is 18.5 Å². The summed E-state index contributed by atoms with van der Waals surface area (Å²) in [5.74, 6) is -2.42. The first-order valence-electron chi connectivity index (χ1n) is 4.36. The molecule has 2 nitrogen and oxygen atoms in total. The Bertz CT molecular complexity index is 304. The van der Waals surface area contributed by atoms with Gasteiger partial charge in [-0.1, -0.05) is 0 Å². The fourth-order valence-electron chi connectivity index (χ4n) is 1.07. The summed E-state index contributed by atoms with van der Waals surface area (Å²) in [4.78, 5) is 0. The number of alkyl halides is 2. The summed E-state index contributed by atoms with van der Waals surface area (Å²) in [6.45, 7) is 1.34. The lowest BCUT2D eigenvalue weighted by atomic mass is 10.1. The second-order valence-corrected chi connectivity index (χ2v) is 3.09. The molecule has 78 valence electrons. The smallest absolute Gasteiger partial charge is 0.270 e. The lowest BCUT2D eigenvalue weighted by Gasteiger charge is -2.15. The first-order valence-corrected chi connectivity index (χ1v) is 4.36. The van der Waals surface area contributed by atoms with Crippen molar-refractivity contribution in [2.24, 2.45) is 5.73 Å². The second kappa shape index (κ2) is 4.37. The number of furan rings is 1. The zero-order valence-electron chi connectivity index (χ0n) is 7.97. The zero-order valence-corrected chi connectivity index (χ0v) is 7.97. The van der Waals surface area contributed by atoms with E-state index in [1.54, 1.807) is 12.1 Å². The summed E-state index contributed by atoms with van der Waals surface area (Å²) in [6, 6.07) is 3.28. The number of hydrogen-bond donors (Lipinski definition) is 1. The van der Waals surface area contributed by atoms with Gasteiger partial charge < -0.3 is 10.2 Å². The van der Waals surface area contributed by atoms with Crippen LogP contribution in [0.15, 0.2) is 28.4 Å². The third kappa shape index (κ3) is 2.67. The Balaban J connectivity index is 2.78. The first-order chi connectivity index (χ1) is 6.56. The van der Waals surface area contributed by atoms with Gasteiger partial charge in [-0.25, -0.2) is 8.78 Å². The number of nitrogens with two attached hydrogens (primary N) is 1. The maximum Gasteiger partial charge on any atom is 0.270 e. The van der Waals surface area contributed by atoms with Crippen molar-refractivity contribution in [2.45, 2.75) is 19.3 Å². The molecule has 2 N–H and O–H groups in total. The van der Waals surface area contributed by atoms with Gasteiger partial charge in [0.15, 0.2) is 0 Å². The molecule has 0 aliphatic rings. The van der Waals surface area contributed by atoms with Crippen LogP contribution in [-0.2, 0) is 0 Å². The Hall–Kier alpha value is -1.16. The molecule has 0 aromatic carbocycles. The Labute approximate surface area is 81.4 Å². The van der Waals surface area contributed by atoms with Crippen molar-refractivity contribution in [3.63, 3.8) is 0 Å². The van der Waals surface area contributed by atoms with Crippen LogP contribution in [0.5, 0.6) is 0 Å². The van der Waals surface area contributed by atoms with E-state index in [0.29, 0.717) is 5.76 Å². The van der Waals surface area contributed by atoms with Crippen LogP contribution in [0.25, 0.3) is 6.08 Å². The minimum absolute atomic E-state index is 0.0297. The van der Waals surface area contributed by atoms with Crippen molar-refractivity contribution in [1.82, 2.24) is 0 Å². The normalized spacial score (nSPS) is 13.3. The predicted molar refractivity (Wildman–Crippen MR) is 51.0 cm³/mol. The molecule has 0 fully saturated rings. The summed E-state index contributed by atoms with van der Waals surface area (Å²) in [6.07, 6.45) is 2.44. The van der Waals surface area contributed by atoms with E-state index in [1.807, 2.05) is 0 Å².